The Kier molecular flexibility index (Phi) is 3.56. The lowest BCUT2D eigenvalue weighted by Crippen LogP contribution is -2.49. The molecule has 2 rings (SSSR count). The van der Waals surface area contributed by atoms with E-state index in [-0.39, 0.29) is 0 Å². The van der Waals surface area contributed by atoms with Crippen molar-refractivity contribution >= 4 is 11.3 Å². The van der Waals surface area contributed by atoms with Gasteiger partial charge in [-0.3, -0.25) is 0 Å². The van der Waals surface area contributed by atoms with Gasteiger partial charge in [0.2, 0.25) is 0 Å². The van der Waals surface area contributed by atoms with Crippen LogP contribution in [0.5, 0.6) is 0 Å². The van der Waals surface area contributed by atoms with Crippen LogP contribution in [0.3, 0.4) is 0 Å². The maximum absolute atomic E-state index is 3.47. The predicted molar refractivity (Wildman–Crippen MR) is 61.9 cm³/mol. The van der Waals surface area contributed by atoms with Gasteiger partial charge in [-0.2, -0.15) is 11.3 Å². The Balaban J connectivity index is 1.75. The van der Waals surface area contributed by atoms with Crippen molar-refractivity contribution in [2.24, 2.45) is 0 Å². The molecule has 0 radical (unpaired) electrons. The fourth-order valence-corrected chi connectivity index (χ4v) is 2.64. The summed E-state index contributed by atoms with van der Waals surface area (Å²) in [6.07, 6.45) is 1.20. The molecule has 3 heteroatoms. The number of rotatable bonds is 3. The van der Waals surface area contributed by atoms with E-state index in [9.17, 15) is 0 Å². The van der Waals surface area contributed by atoms with E-state index in [4.69, 9.17) is 0 Å². The summed E-state index contributed by atoms with van der Waals surface area (Å²) < 4.78 is 0. The largest absolute Gasteiger partial charge is 0.312 e. The van der Waals surface area contributed by atoms with Crippen LogP contribution < -0.4 is 5.32 Å². The van der Waals surface area contributed by atoms with Crippen molar-refractivity contribution in [1.82, 2.24) is 10.2 Å². The van der Waals surface area contributed by atoms with Crippen molar-refractivity contribution < 1.29 is 0 Å². The molecule has 0 aromatic carbocycles. The third-order valence-corrected chi connectivity index (χ3v) is 3.48. The molecular weight excluding hydrogens is 192 g/mol. The minimum absolute atomic E-state index is 0.659. The molecule has 1 atom stereocenters. The summed E-state index contributed by atoms with van der Waals surface area (Å²) in [6, 6.07) is 2.89. The third-order valence-electron chi connectivity index (χ3n) is 2.75. The monoisotopic (exact) mass is 210 g/mol. The van der Waals surface area contributed by atoms with Gasteiger partial charge in [-0.15, -0.1) is 0 Å². The zero-order valence-electron chi connectivity index (χ0n) is 8.70. The summed E-state index contributed by atoms with van der Waals surface area (Å²) in [4.78, 5) is 2.55. The van der Waals surface area contributed by atoms with E-state index in [0.29, 0.717) is 6.04 Å². The molecule has 1 fully saturated rings. The van der Waals surface area contributed by atoms with Gasteiger partial charge in [-0.1, -0.05) is 0 Å². The molecule has 14 heavy (non-hydrogen) atoms. The summed E-state index contributed by atoms with van der Waals surface area (Å²) >= 11 is 1.80. The maximum Gasteiger partial charge on any atom is 0.0167 e. The molecule has 0 unspecified atom stereocenters. The van der Waals surface area contributed by atoms with E-state index < -0.39 is 0 Å². The van der Waals surface area contributed by atoms with Gasteiger partial charge in [0.15, 0.2) is 0 Å². The van der Waals surface area contributed by atoms with Crippen LogP contribution in [-0.4, -0.2) is 37.1 Å². The van der Waals surface area contributed by atoms with Crippen molar-refractivity contribution in [1.29, 1.82) is 0 Å². The molecule has 78 valence electrons. The van der Waals surface area contributed by atoms with Crippen LogP contribution in [0.4, 0.5) is 0 Å². The average molecular weight is 210 g/mol. The smallest absolute Gasteiger partial charge is 0.0167 e. The lowest BCUT2D eigenvalue weighted by atomic mass is 10.2. The zero-order valence-corrected chi connectivity index (χ0v) is 9.52. The van der Waals surface area contributed by atoms with Crippen molar-refractivity contribution in [3.8, 4) is 0 Å². The first-order chi connectivity index (χ1) is 6.84. The Labute approximate surface area is 89.9 Å². The van der Waals surface area contributed by atoms with E-state index in [1.807, 2.05) is 0 Å². The lowest BCUT2D eigenvalue weighted by Gasteiger charge is -2.31. The van der Waals surface area contributed by atoms with Gasteiger partial charge in [0.1, 0.15) is 0 Å². The molecule has 0 spiro atoms. The molecule has 2 heterocycles. The lowest BCUT2D eigenvalue weighted by molar-refractivity contribution is 0.209. The second-order valence-electron chi connectivity index (χ2n) is 4.04. The summed E-state index contributed by atoms with van der Waals surface area (Å²) in [7, 11) is 0. The number of nitrogens with one attached hydrogen (secondary N) is 1. The molecule has 0 saturated carbocycles. The molecule has 0 amide bonds. The zero-order chi connectivity index (χ0) is 9.80. The van der Waals surface area contributed by atoms with Crippen molar-refractivity contribution in [2.45, 2.75) is 19.4 Å². The first-order valence-electron chi connectivity index (χ1n) is 5.31. The van der Waals surface area contributed by atoms with Crippen LogP contribution in [0.25, 0.3) is 0 Å². The summed E-state index contributed by atoms with van der Waals surface area (Å²) in [5, 5.41) is 7.88. The van der Waals surface area contributed by atoms with E-state index in [1.54, 1.807) is 11.3 Å². The van der Waals surface area contributed by atoms with Gasteiger partial charge in [0.25, 0.3) is 0 Å². The first kappa shape index (κ1) is 10.1. The minimum Gasteiger partial charge on any atom is -0.312 e. The number of hydrogen-bond donors (Lipinski definition) is 1. The van der Waals surface area contributed by atoms with E-state index >= 15 is 0 Å². The standard InChI is InChI=1S/C11H18N2S/c1-10-8-13(6-4-12-10)5-2-11-3-7-14-9-11/h3,7,9-10,12H,2,4-6,8H2,1H3/t10-/m0/s1. The first-order valence-corrected chi connectivity index (χ1v) is 6.25. The normalized spacial score (nSPS) is 23.9. The Morgan fingerprint density at radius 1 is 1.64 bits per heavy atom. The summed E-state index contributed by atoms with van der Waals surface area (Å²) in [5.41, 5.74) is 1.49. The van der Waals surface area contributed by atoms with Gasteiger partial charge in [-0.05, 0) is 35.7 Å². The number of hydrogen-bond acceptors (Lipinski definition) is 3. The predicted octanol–water partition coefficient (Wildman–Crippen LogP) is 1.58. The maximum atomic E-state index is 3.47. The second kappa shape index (κ2) is 4.91. The number of piperazine rings is 1. The van der Waals surface area contributed by atoms with Crippen LogP contribution in [0.15, 0.2) is 16.8 Å². The quantitative estimate of drug-likeness (QED) is 0.815. The Hall–Kier alpha value is -0.380. The highest BCUT2D eigenvalue weighted by atomic mass is 32.1. The highest BCUT2D eigenvalue weighted by Gasteiger charge is 2.14. The van der Waals surface area contributed by atoms with Crippen molar-refractivity contribution in [3.05, 3.63) is 22.4 Å². The Bertz CT molecular complexity index is 258. The molecular formula is C11H18N2S. The van der Waals surface area contributed by atoms with E-state index in [0.717, 1.165) is 6.54 Å². The van der Waals surface area contributed by atoms with Gasteiger partial charge >= 0.3 is 0 Å². The molecule has 1 N–H and O–H groups in total. The highest BCUT2D eigenvalue weighted by Crippen LogP contribution is 2.08. The molecule has 0 aliphatic carbocycles. The molecule has 2 nitrogen and oxygen atoms in total. The van der Waals surface area contributed by atoms with Gasteiger partial charge in [0, 0.05) is 32.2 Å². The van der Waals surface area contributed by atoms with Gasteiger partial charge in [0.05, 0.1) is 0 Å². The summed E-state index contributed by atoms with van der Waals surface area (Å²) in [6.45, 7) is 7.02. The number of nitrogens with zero attached hydrogens (tertiary/aromatic N) is 1. The molecule has 1 aliphatic rings. The fourth-order valence-electron chi connectivity index (χ4n) is 1.94. The Morgan fingerprint density at radius 2 is 2.57 bits per heavy atom. The van der Waals surface area contributed by atoms with Crippen LogP contribution in [0.2, 0.25) is 0 Å². The molecule has 0 bridgehead atoms. The van der Waals surface area contributed by atoms with Crippen LogP contribution >= 0.6 is 11.3 Å². The van der Waals surface area contributed by atoms with Crippen LogP contribution in [0.1, 0.15) is 12.5 Å². The third kappa shape index (κ3) is 2.80. The Morgan fingerprint density at radius 3 is 3.29 bits per heavy atom. The van der Waals surface area contributed by atoms with Crippen LogP contribution in [0, 0.1) is 0 Å². The highest BCUT2D eigenvalue weighted by molar-refractivity contribution is 7.07. The molecule has 1 aromatic rings. The summed E-state index contributed by atoms with van der Waals surface area (Å²) in [5.74, 6) is 0. The topological polar surface area (TPSA) is 15.3 Å². The van der Waals surface area contributed by atoms with Crippen molar-refractivity contribution in [2.75, 3.05) is 26.2 Å². The molecule has 1 aliphatic heterocycles. The van der Waals surface area contributed by atoms with E-state index in [1.165, 1.54) is 31.6 Å². The number of thiophene rings is 1. The SMILES string of the molecule is C[C@H]1CN(CCc2ccsc2)CCN1. The van der Waals surface area contributed by atoms with Gasteiger partial charge in [-0.25, -0.2) is 0 Å². The average Bonchev–Trinajstić information content (AvgIpc) is 2.67. The molecule has 1 aromatic heterocycles. The van der Waals surface area contributed by atoms with Crippen molar-refractivity contribution in [3.63, 3.8) is 0 Å². The van der Waals surface area contributed by atoms with Gasteiger partial charge < -0.3 is 10.2 Å². The fraction of sp³-hybridized carbons (Fsp3) is 0.636. The minimum atomic E-state index is 0.659. The second-order valence-corrected chi connectivity index (χ2v) is 4.82. The van der Waals surface area contributed by atoms with E-state index in [2.05, 4.69) is 34.0 Å². The van der Waals surface area contributed by atoms with Crippen LogP contribution in [-0.2, 0) is 6.42 Å². The molecule has 1 saturated heterocycles.